The molecule has 0 aliphatic heterocycles. The third-order valence-electron chi connectivity index (χ3n) is 4.66. The lowest BCUT2D eigenvalue weighted by Gasteiger charge is -2.19. The molecule has 0 bridgehead atoms. The Kier molecular flexibility index (Phi) is 5.73. The molecule has 0 saturated heterocycles. The molecule has 0 fully saturated rings. The lowest BCUT2D eigenvalue weighted by Crippen LogP contribution is -2.03. The fourth-order valence-electron chi connectivity index (χ4n) is 3.52. The van der Waals surface area contributed by atoms with E-state index in [4.69, 9.17) is 16.9 Å². The molecule has 1 heterocycles. The number of aromatic nitrogens is 1. The molecular weight excluding hydrogens is 348 g/mol. The number of nitriles is 1. The maximum absolute atomic E-state index is 9.12. The van der Waals surface area contributed by atoms with Gasteiger partial charge in [0.05, 0.1) is 6.07 Å². The molecule has 2 nitrogen and oxygen atoms in total. The second-order valence-corrected chi connectivity index (χ2v) is 7.57. The summed E-state index contributed by atoms with van der Waals surface area (Å²) in [6, 6.07) is 14.8. The molecular formula is C21H21ClN2S. The molecule has 4 heteroatoms. The molecule has 0 saturated carbocycles. The normalized spacial score (nSPS) is 12.2. The second kappa shape index (κ2) is 7.99. The molecule has 1 unspecified atom stereocenters. The minimum absolute atomic E-state index is 0.190. The molecule has 2 aromatic carbocycles. The number of nitrogens with one attached hydrogen (secondary N) is 1. The topological polar surface area (TPSA) is 39.6 Å². The first kappa shape index (κ1) is 17.9. The summed E-state index contributed by atoms with van der Waals surface area (Å²) in [5, 5.41) is 11.1. The Morgan fingerprint density at radius 1 is 1.24 bits per heavy atom. The van der Waals surface area contributed by atoms with E-state index in [-0.39, 0.29) is 5.92 Å². The number of fused-ring (bicyclic) bond motifs is 1. The molecule has 25 heavy (non-hydrogen) atoms. The SMILES string of the molecule is CSCc1cccc2c(C(CCC#N)c3ccc(Cl)cc3C)c[nH]c12. The zero-order valence-electron chi connectivity index (χ0n) is 14.5. The van der Waals surface area contributed by atoms with Crippen molar-refractivity contribution in [1.82, 2.24) is 4.98 Å². The highest BCUT2D eigenvalue weighted by molar-refractivity contribution is 7.97. The summed E-state index contributed by atoms with van der Waals surface area (Å²) in [6.07, 6.45) is 5.57. The van der Waals surface area contributed by atoms with Crippen LogP contribution in [0.3, 0.4) is 0 Å². The number of hydrogen-bond donors (Lipinski definition) is 1. The molecule has 1 N–H and O–H groups in total. The number of thioether (sulfide) groups is 1. The van der Waals surface area contributed by atoms with Gasteiger partial charge in [-0.05, 0) is 54.0 Å². The first-order valence-corrected chi connectivity index (χ1v) is 10.1. The smallest absolute Gasteiger partial charge is 0.0622 e. The van der Waals surface area contributed by atoms with Gasteiger partial charge in [0.1, 0.15) is 0 Å². The number of rotatable bonds is 6. The van der Waals surface area contributed by atoms with Crippen molar-refractivity contribution in [3.63, 3.8) is 0 Å². The van der Waals surface area contributed by atoms with Crippen molar-refractivity contribution in [3.8, 4) is 6.07 Å². The van der Waals surface area contributed by atoms with Gasteiger partial charge in [0.15, 0.2) is 0 Å². The van der Waals surface area contributed by atoms with Gasteiger partial charge >= 0.3 is 0 Å². The van der Waals surface area contributed by atoms with Crippen molar-refractivity contribution in [2.45, 2.75) is 31.4 Å². The lowest BCUT2D eigenvalue weighted by atomic mass is 9.85. The van der Waals surface area contributed by atoms with E-state index >= 15 is 0 Å². The maximum atomic E-state index is 9.12. The third kappa shape index (κ3) is 3.71. The predicted octanol–water partition coefficient (Wildman–Crippen LogP) is 6.43. The van der Waals surface area contributed by atoms with Gasteiger partial charge in [0.25, 0.3) is 0 Å². The number of para-hydroxylation sites is 1. The highest BCUT2D eigenvalue weighted by Crippen LogP contribution is 2.37. The van der Waals surface area contributed by atoms with E-state index in [1.54, 1.807) is 0 Å². The number of aryl methyl sites for hydroxylation is 1. The van der Waals surface area contributed by atoms with Crippen LogP contribution in [0.2, 0.25) is 5.02 Å². The fourth-order valence-corrected chi connectivity index (χ4v) is 4.30. The van der Waals surface area contributed by atoms with Crippen molar-refractivity contribution in [2.24, 2.45) is 0 Å². The van der Waals surface area contributed by atoms with Crippen LogP contribution in [0, 0.1) is 18.3 Å². The van der Waals surface area contributed by atoms with Gasteiger partial charge in [0, 0.05) is 40.2 Å². The lowest BCUT2D eigenvalue weighted by molar-refractivity contribution is 0.734. The summed E-state index contributed by atoms with van der Waals surface area (Å²) in [6.45, 7) is 2.09. The van der Waals surface area contributed by atoms with Crippen LogP contribution >= 0.6 is 23.4 Å². The quantitative estimate of drug-likeness (QED) is 0.544. The van der Waals surface area contributed by atoms with E-state index in [9.17, 15) is 0 Å². The number of benzene rings is 2. The van der Waals surface area contributed by atoms with Gasteiger partial charge in [-0.15, -0.1) is 0 Å². The Labute approximate surface area is 158 Å². The molecule has 0 radical (unpaired) electrons. The predicted molar refractivity (Wildman–Crippen MR) is 108 cm³/mol. The van der Waals surface area contributed by atoms with Gasteiger partial charge < -0.3 is 4.98 Å². The van der Waals surface area contributed by atoms with Crippen LogP contribution in [0.5, 0.6) is 0 Å². The monoisotopic (exact) mass is 368 g/mol. The number of nitrogens with zero attached hydrogens (tertiary/aromatic N) is 1. The number of aromatic amines is 1. The van der Waals surface area contributed by atoms with Crippen molar-refractivity contribution < 1.29 is 0 Å². The molecule has 128 valence electrons. The molecule has 0 spiro atoms. The fraction of sp³-hybridized carbons (Fsp3) is 0.286. The minimum Gasteiger partial charge on any atom is -0.361 e. The van der Waals surface area contributed by atoms with Crippen LogP contribution in [0.25, 0.3) is 10.9 Å². The largest absolute Gasteiger partial charge is 0.361 e. The summed E-state index contributed by atoms with van der Waals surface area (Å²) in [4.78, 5) is 3.48. The van der Waals surface area contributed by atoms with Crippen LogP contribution in [-0.2, 0) is 5.75 Å². The van der Waals surface area contributed by atoms with E-state index in [1.165, 1.54) is 33.2 Å². The van der Waals surface area contributed by atoms with Gasteiger partial charge in [-0.25, -0.2) is 0 Å². The van der Waals surface area contributed by atoms with Crippen LogP contribution in [0.15, 0.2) is 42.6 Å². The molecule has 1 aromatic heterocycles. The summed E-state index contributed by atoms with van der Waals surface area (Å²) >= 11 is 7.96. The second-order valence-electron chi connectivity index (χ2n) is 6.27. The maximum Gasteiger partial charge on any atom is 0.0622 e. The minimum atomic E-state index is 0.190. The first-order chi connectivity index (χ1) is 12.2. The number of halogens is 1. The Morgan fingerprint density at radius 2 is 2.08 bits per heavy atom. The van der Waals surface area contributed by atoms with E-state index < -0.39 is 0 Å². The summed E-state index contributed by atoms with van der Waals surface area (Å²) in [5.41, 5.74) is 6.21. The summed E-state index contributed by atoms with van der Waals surface area (Å²) in [7, 11) is 0. The van der Waals surface area contributed by atoms with Crippen molar-refractivity contribution in [3.05, 3.63) is 69.9 Å². The molecule has 0 aliphatic rings. The van der Waals surface area contributed by atoms with Crippen molar-refractivity contribution in [2.75, 3.05) is 6.26 Å². The van der Waals surface area contributed by atoms with Gasteiger partial charge in [-0.2, -0.15) is 17.0 Å². The Balaban J connectivity index is 2.12. The van der Waals surface area contributed by atoms with Crippen LogP contribution < -0.4 is 0 Å². The zero-order valence-corrected chi connectivity index (χ0v) is 16.0. The summed E-state index contributed by atoms with van der Waals surface area (Å²) < 4.78 is 0. The first-order valence-electron chi connectivity index (χ1n) is 8.36. The number of H-pyrrole nitrogens is 1. The average Bonchev–Trinajstić information content (AvgIpc) is 3.02. The standard InChI is InChI=1S/C21H21ClN2S/c1-14-11-16(22)8-9-17(14)18(7-4-10-23)20-12-24-21-15(13-25-2)5-3-6-19(20)21/h3,5-6,8-9,11-12,18,24H,4,7,13H2,1-2H3. The third-order valence-corrected chi connectivity index (χ3v) is 5.50. The van der Waals surface area contributed by atoms with Crippen molar-refractivity contribution >= 4 is 34.3 Å². The van der Waals surface area contributed by atoms with Gasteiger partial charge in [-0.3, -0.25) is 0 Å². The van der Waals surface area contributed by atoms with Crippen molar-refractivity contribution in [1.29, 1.82) is 5.26 Å². The molecule has 0 amide bonds. The average molecular weight is 369 g/mol. The highest BCUT2D eigenvalue weighted by Gasteiger charge is 2.20. The van der Waals surface area contributed by atoms with Gasteiger partial charge in [-0.1, -0.05) is 35.9 Å². The molecule has 3 aromatic rings. The molecule has 1 atom stereocenters. The molecule has 0 aliphatic carbocycles. The van der Waals surface area contributed by atoms with E-state index in [0.717, 1.165) is 17.2 Å². The van der Waals surface area contributed by atoms with Crippen LogP contribution in [0.4, 0.5) is 0 Å². The summed E-state index contributed by atoms with van der Waals surface area (Å²) in [5.74, 6) is 1.18. The van der Waals surface area contributed by atoms with Crippen LogP contribution in [-0.4, -0.2) is 11.2 Å². The molecule has 3 rings (SSSR count). The van der Waals surface area contributed by atoms with Crippen LogP contribution in [0.1, 0.15) is 41.0 Å². The van der Waals surface area contributed by atoms with E-state index in [1.807, 2.05) is 23.9 Å². The highest BCUT2D eigenvalue weighted by atomic mass is 35.5. The van der Waals surface area contributed by atoms with E-state index in [0.29, 0.717) is 6.42 Å². The van der Waals surface area contributed by atoms with Gasteiger partial charge in [0.2, 0.25) is 0 Å². The zero-order chi connectivity index (χ0) is 17.8. The Hall–Kier alpha value is -1.89. The Bertz CT molecular complexity index is 923. The van der Waals surface area contributed by atoms with E-state index in [2.05, 4.69) is 54.7 Å². The number of hydrogen-bond acceptors (Lipinski definition) is 2. The Morgan fingerprint density at radius 3 is 2.80 bits per heavy atom.